The maximum atomic E-state index is 12.1. The monoisotopic (exact) mass is 250 g/mol. The molecule has 15 heavy (non-hydrogen) atoms. The minimum Gasteiger partial charge on any atom is -0.340 e. The lowest BCUT2D eigenvalue weighted by Gasteiger charge is -2.34. The average Bonchev–Trinajstić information content (AvgIpc) is 2.67. The van der Waals surface area contributed by atoms with Gasteiger partial charge in [-0.1, -0.05) is 0 Å². The van der Waals surface area contributed by atoms with Gasteiger partial charge >= 0.3 is 0 Å². The van der Waals surface area contributed by atoms with Crippen molar-refractivity contribution >= 4 is 29.1 Å². The molecule has 0 aromatic carbocycles. The maximum Gasteiger partial charge on any atom is 0.231 e. The largest absolute Gasteiger partial charge is 0.340 e. The Morgan fingerprint density at radius 3 is 2.07 bits per heavy atom. The number of halogens is 2. The molecule has 1 unspecified atom stereocenters. The first-order valence-electron chi connectivity index (χ1n) is 5.22. The predicted octanol–water partition coefficient (Wildman–Crippen LogP) is 1.34. The zero-order valence-electron chi connectivity index (χ0n) is 9.09. The van der Waals surface area contributed by atoms with Gasteiger partial charge in [-0.3, -0.25) is 4.79 Å². The lowest BCUT2D eigenvalue weighted by Crippen LogP contribution is -2.49. The van der Waals surface area contributed by atoms with Gasteiger partial charge in [0.1, 0.15) is 4.33 Å². The summed E-state index contributed by atoms with van der Waals surface area (Å²) in [5, 5.41) is 0. The van der Waals surface area contributed by atoms with Crippen LogP contribution in [0.25, 0.3) is 0 Å². The molecular formula is C10H16Cl2N2O. The third-order valence-corrected chi connectivity index (χ3v) is 4.62. The summed E-state index contributed by atoms with van der Waals surface area (Å²) in [7, 11) is 2.06. The number of rotatable bonds is 1. The van der Waals surface area contributed by atoms with E-state index in [1.54, 1.807) is 0 Å². The van der Waals surface area contributed by atoms with E-state index in [2.05, 4.69) is 11.9 Å². The quantitative estimate of drug-likeness (QED) is 0.657. The van der Waals surface area contributed by atoms with Crippen LogP contribution in [0.3, 0.4) is 0 Å². The molecule has 1 amide bonds. The number of piperazine rings is 1. The minimum absolute atomic E-state index is 0.112. The Kier molecular flexibility index (Phi) is 2.69. The Balaban J connectivity index is 1.98. The molecule has 2 aliphatic rings. The summed E-state index contributed by atoms with van der Waals surface area (Å²) in [6.07, 6.45) is 0.578. The van der Waals surface area contributed by atoms with Crippen molar-refractivity contribution in [2.24, 2.45) is 5.41 Å². The summed E-state index contributed by atoms with van der Waals surface area (Å²) in [6, 6.07) is 0. The first-order valence-corrected chi connectivity index (χ1v) is 5.98. The highest BCUT2D eigenvalue weighted by Gasteiger charge is 2.68. The summed E-state index contributed by atoms with van der Waals surface area (Å²) in [6.45, 7) is 5.29. The Labute approximate surface area is 100 Å². The molecule has 1 saturated heterocycles. The van der Waals surface area contributed by atoms with Gasteiger partial charge in [-0.05, 0) is 20.4 Å². The second kappa shape index (κ2) is 3.51. The number of amides is 1. The van der Waals surface area contributed by atoms with Gasteiger partial charge < -0.3 is 9.80 Å². The summed E-state index contributed by atoms with van der Waals surface area (Å²) in [5.41, 5.74) is -0.550. The van der Waals surface area contributed by atoms with Gasteiger partial charge in [0, 0.05) is 26.2 Å². The van der Waals surface area contributed by atoms with Crippen LogP contribution in [0.5, 0.6) is 0 Å². The van der Waals surface area contributed by atoms with E-state index in [1.165, 1.54) is 0 Å². The van der Waals surface area contributed by atoms with E-state index < -0.39 is 9.75 Å². The molecule has 5 heteroatoms. The number of carbonyl (C=O) groups excluding carboxylic acids is 1. The summed E-state index contributed by atoms with van der Waals surface area (Å²) < 4.78 is -0.840. The van der Waals surface area contributed by atoms with Crippen LogP contribution in [-0.4, -0.2) is 53.3 Å². The van der Waals surface area contributed by atoms with Crippen molar-refractivity contribution in [3.05, 3.63) is 0 Å². The molecule has 1 aliphatic carbocycles. The third-order valence-electron chi connectivity index (χ3n) is 3.52. The fourth-order valence-electron chi connectivity index (χ4n) is 1.99. The Hall–Kier alpha value is 0.01000. The second-order valence-electron chi connectivity index (χ2n) is 4.81. The first-order chi connectivity index (χ1) is 6.87. The van der Waals surface area contributed by atoms with Crippen molar-refractivity contribution < 1.29 is 4.79 Å². The molecule has 0 bridgehead atoms. The number of hydrogen-bond donors (Lipinski definition) is 0. The van der Waals surface area contributed by atoms with Crippen molar-refractivity contribution in [1.29, 1.82) is 0 Å². The van der Waals surface area contributed by atoms with Crippen molar-refractivity contribution in [2.75, 3.05) is 33.2 Å². The fourth-order valence-corrected chi connectivity index (χ4v) is 2.69. The van der Waals surface area contributed by atoms with Gasteiger partial charge in [0.2, 0.25) is 5.91 Å². The number of nitrogens with zero attached hydrogens (tertiary/aromatic N) is 2. The van der Waals surface area contributed by atoms with Crippen LogP contribution in [0.1, 0.15) is 13.3 Å². The molecular weight excluding hydrogens is 235 g/mol. The fraction of sp³-hybridized carbons (Fsp3) is 0.900. The van der Waals surface area contributed by atoms with Crippen molar-refractivity contribution in [3.63, 3.8) is 0 Å². The molecule has 0 radical (unpaired) electrons. The molecule has 0 spiro atoms. The molecule has 3 nitrogen and oxygen atoms in total. The zero-order valence-corrected chi connectivity index (χ0v) is 10.6. The van der Waals surface area contributed by atoms with Gasteiger partial charge in [0.05, 0.1) is 5.41 Å². The molecule has 0 aromatic rings. The highest BCUT2D eigenvalue weighted by Crippen LogP contribution is 2.64. The number of hydrogen-bond acceptors (Lipinski definition) is 2. The van der Waals surface area contributed by atoms with Crippen LogP contribution >= 0.6 is 23.2 Å². The van der Waals surface area contributed by atoms with Gasteiger partial charge in [0.25, 0.3) is 0 Å². The normalized spacial score (nSPS) is 35.3. The molecule has 0 aromatic heterocycles. The van der Waals surface area contributed by atoms with Crippen LogP contribution in [0, 0.1) is 5.41 Å². The first kappa shape index (κ1) is 11.5. The second-order valence-corrected chi connectivity index (χ2v) is 6.29. The van der Waals surface area contributed by atoms with Crippen molar-refractivity contribution in [3.8, 4) is 0 Å². The Morgan fingerprint density at radius 2 is 1.67 bits per heavy atom. The van der Waals surface area contributed by atoms with Crippen LogP contribution in [0.4, 0.5) is 0 Å². The molecule has 1 aliphatic heterocycles. The minimum atomic E-state index is -0.840. The topological polar surface area (TPSA) is 23.6 Å². The third kappa shape index (κ3) is 1.85. The molecule has 0 N–H and O–H groups in total. The van der Waals surface area contributed by atoms with E-state index in [0.717, 1.165) is 26.2 Å². The van der Waals surface area contributed by atoms with Crippen LogP contribution < -0.4 is 0 Å². The Bertz CT molecular complexity index is 287. The Morgan fingerprint density at radius 1 is 1.20 bits per heavy atom. The SMILES string of the molecule is CN1CCN(C(=O)C2(C)CC2(Cl)Cl)CC1. The van der Waals surface area contributed by atoms with E-state index >= 15 is 0 Å². The molecule has 2 rings (SSSR count). The molecule has 2 fully saturated rings. The predicted molar refractivity (Wildman–Crippen MR) is 61.2 cm³/mol. The summed E-state index contributed by atoms with van der Waals surface area (Å²) >= 11 is 12.0. The van der Waals surface area contributed by atoms with Gasteiger partial charge in [-0.25, -0.2) is 0 Å². The average molecular weight is 251 g/mol. The summed E-state index contributed by atoms with van der Waals surface area (Å²) in [4.78, 5) is 16.2. The van der Waals surface area contributed by atoms with E-state index in [-0.39, 0.29) is 5.91 Å². The van der Waals surface area contributed by atoms with Gasteiger partial charge in [-0.15, -0.1) is 23.2 Å². The smallest absolute Gasteiger partial charge is 0.231 e. The number of alkyl halides is 2. The van der Waals surface area contributed by atoms with E-state index in [9.17, 15) is 4.79 Å². The maximum absolute atomic E-state index is 12.1. The molecule has 1 saturated carbocycles. The van der Waals surface area contributed by atoms with Crippen molar-refractivity contribution in [2.45, 2.75) is 17.7 Å². The lowest BCUT2D eigenvalue weighted by atomic mass is 10.1. The highest BCUT2D eigenvalue weighted by atomic mass is 35.5. The highest BCUT2D eigenvalue weighted by molar-refractivity contribution is 6.53. The van der Waals surface area contributed by atoms with Crippen molar-refractivity contribution in [1.82, 2.24) is 9.80 Å². The van der Waals surface area contributed by atoms with Gasteiger partial charge in [-0.2, -0.15) is 0 Å². The standard InChI is InChI=1S/C10H16Cl2N2O/c1-9(7-10(9,11)12)8(15)14-5-3-13(2)4-6-14/h3-7H2,1-2H3. The lowest BCUT2D eigenvalue weighted by molar-refractivity contribution is -0.138. The van der Waals surface area contributed by atoms with E-state index in [0.29, 0.717) is 6.42 Å². The molecule has 1 heterocycles. The van der Waals surface area contributed by atoms with E-state index in [1.807, 2.05) is 11.8 Å². The van der Waals surface area contributed by atoms with Gasteiger partial charge in [0.15, 0.2) is 0 Å². The molecule has 1 atom stereocenters. The number of carbonyl (C=O) groups is 1. The molecule has 86 valence electrons. The van der Waals surface area contributed by atoms with Crippen LogP contribution in [-0.2, 0) is 4.79 Å². The number of likely N-dealkylation sites (N-methyl/N-ethyl adjacent to an activating group) is 1. The van der Waals surface area contributed by atoms with E-state index in [4.69, 9.17) is 23.2 Å². The zero-order chi connectivity index (χ0) is 11.3. The van der Waals surface area contributed by atoms with Crippen LogP contribution in [0.15, 0.2) is 0 Å². The summed E-state index contributed by atoms with van der Waals surface area (Å²) in [5.74, 6) is 0.112. The van der Waals surface area contributed by atoms with Crippen LogP contribution in [0.2, 0.25) is 0 Å².